The first-order chi connectivity index (χ1) is 12.7. The summed E-state index contributed by atoms with van der Waals surface area (Å²) in [7, 11) is 0. The van der Waals surface area contributed by atoms with Crippen LogP contribution in [-0.2, 0) is 11.2 Å². The molecule has 5 heteroatoms. The molecular weight excluding hydrogens is 348 g/mol. The highest BCUT2D eigenvalue weighted by Gasteiger charge is 2.27. The third-order valence-corrected chi connectivity index (χ3v) is 5.43. The highest BCUT2D eigenvalue weighted by molar-refractivity contribution is 6.30. The Balaban J connectivity index is 1.48. The molecule has 2 unspecified atom stereocenters. The standard InChI is InChI=1S/C21H27ClN2O2/c1-2-3-5-15-6-4-7-18(15)24-20(25)12-13-21-23-14-19(26-21)16-8-10-17(22)11-9-16/h8-11,14-15,18H,2-7,12-13H2,1H3,(H,24,25). The summed E-state index contributed by atoms with van der Waals surface area (Å²) in [5.41, 5.74) is 0.933. The molecule has 2 aromatic rings. The number of halogens is 1. The van der Waals surface area contributed by atoms with Crippen LogP contribution in [0.4, 0.5) is 0 Å². The lowest BCUT2D eigenvalue weighted by atomic mass is 9.96. The van der Waals surface area contributed by atoms with E-state index in [1.54, 1.807) is 6.20 Å². The van der Waals surface area contributed by atoms with E-state index < -0.39 is 0 Å². The monoisotopic (exact) mass is 374 g/mol. The van der Waals surface area contributed by atoms with Crippen LogP contribution in [0.3, 0.4) is 0 Å². The van der Waals surface area contributed by atoms with E-state index in [9.17, 15) is 4.79 Å². The zero-order chi connectivity index (χ0) is 18.4. The first kappa shape index (κ1) is 19.0. The third kappa shape index (κ3) is 5.10. The fourth-order valence-corrected chi connectivity index (χ4v) is 3.84. The van der Waals surface area contributed by atoms with Crippen molar-refractivity contribution in [1.29, 1.82) is 0 Å². The summed E-state index contributed by atoms with van der Waals surface area (Å²) >= 11 is 5.91. The van der Waals surface area contributed by atoms with Crippen molar-refractivity contribution < 1.29 is 9.21 Å². The summed E-state index contributed by atoms with van der Waals surface area (Å²) in [5.74, 6) is 2.05. The van der Waals surface area contributed by atoms with Crippen molar-refractivity contribution in [2.24, 2.45) is 5.92 Å². The van der Waals surface area contributed by atoms with Crippen molar-refractivity contribution in [2.75, 3.05) is 0 Å². The van der Waals surface area contributed by atoms with E-state index in [1.165, 1.54) is 32.1 Å². The summed E-state index contributed by atoms with van der Waals surface area (Å²) in [6.07, 6.45) is 9.92. The number of benzene rings is 1. The summed E-state index contributed by atoms with van der Waals surface area (Å²) in [4.78, 5) is 16.6. The molecular formula is C21H27ClN2O2. The summed E-state index contributed by atoms with van der Waals surface area (Å²) in [6.45, 7) is 2.22. The molecule has 1 aromatic carbocycles. The molecule has 26 heavy (non-hydrogen) atoms. The van der Waals surface area contributed by atoms with Gasteiger partial charge in [0.25, 0.3) is 0 Å². The lowest BCUT2D eigenvalue weighted by molar-refractivity contribution is -0.122. The maximum atomic E-state index is 12.3. The van der Waals surface area contributed by atoms with Gasteiger partial charge in [-0.15, -0.1) is 0 Å². The number of aryl methyl sites for hydroxylation is 1. The Bertz CT molecular complexity index is 711. The molecule has 0 spiro atoms. The van der Waals surface area contributed by atoms with Gasteiger partial charge in [0.15, 0.2) is 11.7 Å². The molecule has 1 heterocycles. The van der Waals surface area contributed by atoms with Gasteiger partial charge in [0.05, 0.1) is 6.20 Å². The van der Waals surface area contributed by atoms with Crippen LogP contribution in [0.1, 0.15) is 57.8 Å². The molecule has 0 bridgehead atoms. The van der Waals surface area contributed by atoms with Gasteiger partial charge in [0.2, 0.25) is 5.91 Å². The fraction of sp³-hybridized carbons (Fsp3) is 0.524. The van der Waals surface area contributed by atoms with Crippen LogP contribution < -0.4 is 5.32 Å². The van der Waals surface area contributed by atoms with Gasteiger partial charge in [-0.3, -0.25) is 4.79 Å². The highest BCUT2D eigenvalue weighted by atomic mass is 35.5. The minimum absolute atomic E-state index is 0.102. The second kappa shape index (κ2) is 9.22. The number of unbranched alkanes of at least 4 members (excludes halogenated alkanes) is 1. The molecule has 1 fully saturated rings. The van der Waals surface area contributed by atoms with E-state index in [1.807, 2.05) is 24.3 Å². The lowest BCUT2D eigenvalue weighted by Crippen LogP contribution is -2.37. The second-order valence-corrected chi connectivity index (χ2v) is 7.57. The Morgan fingerprint density at radius 1 is 1.31 bits per heavy atom. The Morgan fingerprint density at radius 3 is 2.88 bits per heavy atom. The number of amides is 1. The number of rotatable bonds is 8. The van der Waals surface area contributed by atoms with Crippen LogP contribution in [0.15, 0.2) is 34.9 Å². The maximum absolute atomic E-state index is 12.3. The van der Waals surface area contributed by atoms with E-state index in [4.69, 9.17) is 16.0 Å². The van der Waals surface area contributed by atoms with E-state index in [0.29, 0.717) is 41.5 Å². The number of hydrogen-bond donors (Lipinski definition) is 1. The predicted molar refractivity (Wildman–Crippen MR) is 104 cm³/mol. The van der Waals surface area contributed by atoms with Crippen LogP contribution in [0.25, 0.3) is 11.3 Å². The zero-order valence-electron chi connectivity index (χ0n) is 15.3. The van der Waals surface area contributed by atoms with Crippen LogP contribution in [0.2, 0.25) is 5.02 Å². The fourth-order valence-electron chi connectivity index (χ4n) is 3.71. The van der Waals surface area contributed by atoms with Crippen molar-refractivity contribution >= 4 is 17.5 Å². The van der Waals surface area contributed by atoms with E-state index in [-0.39, 0.29) is 5.91 Å². The summed E-state index contributed by atoms with van der Waals surface area (Å²) in [6, 6.07) is 7.79. The van der Waals surface area contributed by atoms with Crippen molar-refractivity contribution in [3.05, 3.63) is 41.4 Å². The topological polar surface area (TPSA) is 55.1 Å². The van der Waals surface area contributed by atoms with Gasteiger partial charge < -0.3 is 9.73 Å². The molecule has 0 radical (unpaired) electrons. The van der Waals surface area contributed by atoms with Crippen LogP contribution in [0, 0.1) is 5.92 Å². The van der Waals surface area contributed by atoms with E-state index in [2.05, 4.69) is 17.2 Å². The van der Waals surface area contributed by atoms with Crippen molar-refractivity contribution in [3.8, 4) is 11.3 Å². The number of nitrogens with one attached hydrogen (secondary N) is 1. The van der Waals surface area contributed by atoms with E-state index in [0.717, 1.165) is 12.0 Å². The van der Waals surface area contributed by atoms with Gasteiger partial charge in [-0.1, -0.05) is 37.8 Å². The number of carbonyl (C=O) groups excluding carboxylic acids is 1. The largest absolute Gasteiger partial charge is 0.441 e. The molecule has 1 saturated carbocycles. The molecule has 140 valence electrons. The van der Waals surface area contributed by atoms with Crippen molar-refractivity contribution in [1.82, 2.24) is 10.3 Å². The number of aromatic nitrogens is 1. The van der Waals surface area contributed by atoms with Gasteiger partial charge in [-0.25, -0.2) is 4.98 Å². The third-order valence-electron chi connectivity index (χ3n) is 5.18. The van der Waals surface area contributed by atoms with Gasteiger partial charge in [-0.2, -0.15) is 0 Å². The molecule has 1 N–H and O–H groups in total. The Labute approximate surface area is 160 Å². The Hall–Kier alpha value is -1.81. The first-order valence-electron chi connectivity index (χ1n) is 9.65. The molecule has 1 amide bonds. The minimum Gasteiger partial charge on any atom is -0.441 e. The van der Waals surface area contributed by atoms with Crippen molar-refractivity contribution in [2.45, 2.75) is 64.3 Å². The number of oxazole rings is 1. The van der Waals surface area contributed by atoms with Gasteiger partial charge in [0.1, 0.15) is 0 Å². The molecule has 1 aromatic heterocycles. The molecule has 1 aliphatic rings. The maximum Gasteiger partial charge on any atom is 0.220 e. The van der Waals surface area contributed by atoms with Gasteiger partial charge >= 0.3 is 0 Å². The molecule has 0 saturated heterocycles. The lowest BCUT2D eigenvalue weighted by Gasteiger charge is -2.20. The average molecular weight is 375 g/mol. The van der Waals surface area contributed by atoms with Crippen LogP contribution >= 0.6 is 11.6 Å². The molecule has 1 aliphatic carbocycles. The normalized spacial score (nSPS) is 19.6. The highest BCUT2D eigenvalue weighted by Crippen LogP contribution is 2.30. The molecule has 3 rings (SSSR count). The smallest absolute Gasteiger partial charge is 0.220 e. The van der Waals surface area contributed by atoms with Gasteiger partial charge in [0, 0.05) is 29.5 Å². The second-order valence-electron chi connectivity index (χ2n) is 7.13. The summed E-state index contributed by atoms with van der Waals surface area (Å²) in [5, 5.41) is 3.92. The number of nitrogens with zero attached hydrogens (tertiary/aromatic N) is 1. The SMILES string of the molecule is CCCCC1CCCC1NC(=O)CCc1ncc(-c2ccc(Cl)cc2)o1. The van der Waals surface area contributed by atoms with Crippen molar-refractivity contribution in [3.63, 3.8) is 0 Å². The van der Waals surface area contributed by atoms with Crippen LogP contribution in [-0.4, -0.2) is 16.9 Å². The number of hydrogen-bond acceptors (Lipinski definition) is 3. The molecule has 4 nitrogen and oxygen atoms in total. The summed E-state index contributed by atoms with van der Waals surface area (Å²) < 4.78 is 5.77. The Morgan fingerprint density at radius 2 is 2.12 bits per heavy atom. The van der Waals surface area contributed by atoms with Gasteiger partial charge in [-0.05, 0) is 49.4 Å². The zero-order valence-corrected chi connectivity index (χ0v) is 16.1. The Kier molecular flexibility index (Phi) is 6.73. The average Bonchev–Trinajstić information content (AvgIpc) is 3.28. The molecule has 2 atom stereocenters. The number of carbonyl (C=O) groups is 1. The predicted octanol–water partition coefficient (Wildman–Crippen LogP) is 5.40. The molecule has 0 aliphatic heterocycles. The quantitative estimate of drug-likeness (QED) is 0.672. The van der Waals surface area contributed by atoms with E-state index >= 15 is 0 Å². The van der Waals surface area contributed by atoms with Crippen LogP contribution in [0.5, 0.6) is 0 Å². The first-order valence-corrected chi connectivity index (χ1v) is 10.0. The minimum atomic E-state index is 0.102.